The van der Waals surface area contributed by atoms with E-state index in [-0.39, 0.29) is 0 Å². The van der Waals surface area contributed by atoms with Crippen molar-refractivity contribution in [1.29, 1.82) is 0 Å². The van der Waals surface area contributed by atoms with Crippen molar-refractivity contribution >= 4 is 0 Å². The first-order valence-corrected chi connectivity index (χ1v) is 3.46. The molecule has 0 aromatic heterocycles. The van der Waals surface area contributed by atoms with Crippen LogP contribution in [0.15, 0.2) is 0 Å². The van der Waals surface area contributed by atoms with Gasteiger partial charge in [-0.2, -0.15) is 13.3 Å². The molecule has 0 unspecified atom stereocenters. The molecule has 1 radical (unpaired) electrons. The van der Waals surface area contributed by atoms with Gasteiger partial charge in [-0.05, 0) is 13.0 Å². The molecule has 63 valence electrons. The maximum Gasteiger partial charge on any atom is 0 e. The first-order chi connectivity index (χ1) is 3.89. The number of hydrogen-bond donors (Lipinski definition) is 1. The molecular formula is C7H14LrN-. The minimum atomic E-state index is 0. The zero-order valence-corrected chi connectivity index (χ0v) is 7.94. The Bertz CT molecular complexity index is 57.9. The zero-order valence-electron chi connectivity index (χ0n) is 5.79. The van der Waals surface area contributed by atoms with Crippen LogP contribution >= 0.6 is 0 Å². The predicted octanol–water partition coefficient (Wildman–Crippen LogP) is 1.70. The SMILES string of the molecule is C[C-]1CCCCCN1.[Lr]. The van der Waals surface area contributed by atoms with E-state index in [2.05, 4.69) is 12.2 Å². The maximum atomic E-state index is 3.36. The topological polar surface area (TPSA) is 12.0 Å². The van der Waals surface area contributed by atoms with Crippen molar-refractivity contribution in [2.24, 2.45) is 0 Å². The molecule has 2 heteroatoms. The van der Waals surface area contributed by atoms with Crippen molar-refractivity contribution in [2.75, 3.05) is 6.54 Å². The van der Waals surface area contributed by atoms with Crippen LogP contribution in [0, 0.1) is 6.04 Å². The molecule has 0 saturated carbocycles. The van der Waals surface area contributed by atoms with Gasteiger partial charge in [-0.3, -0.25) is 6.04 Å². The van der Waals surface area contributed by atoms with Gasteiger partial charge in [0.25, 0.3) is 0 Å². The van der Waals surface area contributed by atoms with Gasteiger partial charge in [-0.15, -0.1) is 0 Å². The van der Waals surface area contributed by atoms with Gasteiger partial charge in [0.15, 0.2) is 0 Å². The van der Waals surface area contributed by atoms with Gasteiger partial charge in [0, 0.05) is 0 Å². The van der Waals surface area contributed by atoms with Crippen molar-refractivity contribution < 1.29 is 0 Å². The van der Waals surface area contributed by atoms with Crippen molar-refractivity contribution in [2.45, 2.75) is 32.6 Å². The molecular weight excluding hydrogens is 360 g/mol. The maximum absolute atomic E-state index is 3.36. The Labute approximate surface area is 51.5 Å². The van der Waals surface area contributed by atoms with Crippen LogP contribution in [0.4, 0.5) is 0 Å². The smallest absolute Gasteiger partial charge is 0 e. The minimum absolute atomic E-state index is 0. The average Bonchev–Trinajstić information content (AvgIpc) is 1.94. The summed E-state index contributed by atoms with van der Waals surface area (Å²) < 4.78 is 0. The minimum Gasteiger partial charge on any atom is -0.467 e. The Hall–Kier alpha value is -1.04. The molecule has 1 heterocycles. The normalized spacial score (nSPS) is 22.3. The molecule has 0 atom stereocenters. The summed E-state index contributed by atoms with van der Waals surface area (Å²) in [5.41, 5.74) is 0. The first kappa shape index (κ1) is 7.96. The summed E-state index contributed by atoms with van der Waals surface area (Å²) in [6.07, 6.45) is 5.44. The van der Waals surface area contributed by atoms with Crippen LogP contribution in [0.2, 0.25) is 0 Å². The predicted molar refractivity (Wildman–Crippen MR) is 35.4 cm³/mol. The van der Waals surface area contributed by atoms with E-state index in [1.807, 2.05) is 0 Å². The Morgan fingerprint density at radius 2 is 2.00 bits per heavy atom. The summed E-state index contributed by atoms with van der Waals surface area (Å²) in [4.78, 5) is 0. The fourth-order valence-electron chi connectivity index (χ4n) is 1.08. The second kappa shape index (κ2) is 3.90. The second-order valence-corrected chi connectivity index (χ2v) is 2.52. The van der Waals surface area contributed by atoms with Gasteiger partial charge < -0.3 is 5.32 Å². The summed E-state index contributed by atoms with van der Waals surface area (Å²) in [5.74, 6) is 0. The molecule has 0 aromatic rings. The Balaban J connectivity index is 0.000000640. The van der Waals surface area contributed by atoms with E-state index < -0.39 is 0 Å². The summed E-state index contributed by atoms with van der Waals surface area (Å²) in [7, 11) is 0. The summed E-state index contributed by atoms with van der Waals surface area (Å²) in [6, 6.07) is 1.47. The first-order valence-electron chi connectivity index (χ1n) is 3.46. The quantitative estimate of drug-likeness (QED) is 0.637. The van der Waals surface area contributed by atoms with Crippen LogP contribution in [0.5, 0.6) is 0 Å². The van der Waals surface area contributed by atoms with Gasteiger partial charge in [0.1, 0.15) is 0 Å². The van der Waals surface area contributed by atoms with Crippen molar-refractivity contribution in [1.82, 2.24) is 5.32 Å². The molecule has 1 aliphatic heterocycles. The van der Waals surface area contributed by atoms with Gasteiger partial charge in [0.2, 0.25) is 0 Å². The summed E-state index contributed by atoms with van der Waals surface area (Å²) >= 11 is 0. The molecule has 0 spiro atoms. The molecule has 1 nitrogen and oxygen atoms in total. The third kappa shape index (κ3) is 2.70. The van der Waals surface area contributed by atoms with Crippen LogP contribution in [-0.2, 0) is 0 Å². The Morgan fingerprint density at radius 1 is 1.22 bits per heavy atom. The molecule has 1 rings (SSSR count). The number of nitrogens with one attached hydrogen (secondary N) is 1. The van der Waals surface area contributed by atoms with Crippen molar-refractivity contribution in [3.05, 3.63) is 6.04 Å². The largest absolute Gasteiger partial charge is 0.467 e. The molecule has 0 bridgehead atoms. The van der Waals surface area contributed by atoms with E-state index >= 15 is 0 Å². The molecule has 0 aromatic carbocycles. The van der Waals surface area contributed by atoms with E-state index in [4.69, 9.17) is 0 Å². The molecule has 9 heavy (non-hydrogen) atoms. The van der Waals surface area contributed by atoms with Crippen LogP contribution in [0.1, 0.15) is 32.6 Å². The van der Waals surface area contributed by atoms with Gasteiger partial charge in [0.05, 0.1) is 0 Å². The van der Waals surface area contributed by atoms with E-state index in [1.165, 1.54) is 38.3 Å². The average molecular weight is 374 g/mol. The van der Waals surface area contributed by atoms with Crippen molar-refractivity contribution in [3.8, 4) is 0 Å². The Kier molecular flexibility index (Phi) is 3.45. The molecule has 0 amide bonds. The zero-order chi connectivity index (χ0) is 5.82. The summed E-state index contributed by atoms with van der Waals surface area (Å²) in [5, 5.41) is 3.36. The molecule has 1 saturated heterocycles. The van der Waals surface area contributed by atoms with Crippen LogP contribution < -0.4 is 5.32 Å². The molecule has 1 N–H and O–H groups in total. The van der Waals surface area contributed by atoms with E-state index in [9.17, 15) is 0 Å². The van der Waals surface area contributed by atoms with Gasteiger partial charge in [-0.25, -0.2) is 0 Å². The van der Waals surface area contributed by atoms with Crippen LogP contribution in [-0.4, -0.2) is 6.54 Å². The standard InChI is InChI=1S/C7H14N.Lr/c1-7-5-3-2-4-6-8-7;/h8H,2-6H2,1H3;/q-1;. The third-order valence-electron chi connectivity index (χ3n) is 1.66. The second-order valence-electron chi connectivity index (χ2n) is 2.52. The number of hydrogen-bond acceptors (Lipinski definition) is 1. The summed E-state index contributed by atoms with van der Waals surface area (Å²) in [6.45, 7) is 3.39. The van der Waals surface area contributed by atoms with Gasteiger partial charge >= 0.3 is 0 Å². The third-order valence-corrected chi connectivity index (χ3v) is 1.66. The Morgan fingerprint density at radius 3 is 2.78 bits per heavy atom. The fraction of sp³-hybridized carbons (Fsp3) is 0.857. The van der Waals surface area contributed by atoms with Crippen LogP contribution in [0.3, 0.4) is 0 Å². The van der Waals surface area contributed by atoms with Crippen LogP contribution in [0.25, 0.3) is 0 Å². The van der Waals surface area contributed by atoms with E-state index in [0.29, 0.717) is 0 Å². The van der Waals surface area contributed by atoms with Crippen molar-refractivity contribution in [3.63, 3.8) is 0 Å². The molecule has 1 fully saturated rings. The fourth-order valence-corrected chi connectivity index (χ4v) is 1.08. The van der Waals surface area contributed by atoms with E-state index in [0.717, 1.165) is 0 Å². The monoisotopic (exact) mass is 374 g/mol. The van der Waals surface area contributed by atoms with Gasteiger partial charge in [-0.1, -0.05) is 12.8 Å². The number of rotatable bonds is 0. The van der Waals surface area contributed by atoms with E-state index in [1.54, 1.807) is 0 Å². The molecule has 1 aliphatic rings. The molecule has 0 aliphatic carbocycles.